The molecule has 0 aliphatic carbocycles. The van der Waals surface area contributed by atoms with Gasteiger partial charge in [-0.3, -0.25) is 4.79 Å². The van der Waals surface area contributed by atoms with E-state index in [-0.39, 0.29) is 12.0 Å². The van der Waals surface area contributed by atoms with Crippen molar-refractivity contribution in [3.8, 4) is 11.5 Å². The quantitative estimate of drug-likeness (QED) is 0.288. The molecule has 3 aromatic carbocycles. The van der Waals surface area contributed by atoms with Gasteiger partial charge in [-0.15, -0.1) is 0 Å². The first-order valence-corrected chi connectivity index (χ1v) is 14.4. The van der Waals surface area contributed by atoms with Crippen molar-refractivity contribution >= 4 is 11.6 Å². The van der Waals surface area contributed by atoms with E-state index >= 15 is 0 Å². The zero-order valence-electron chi connectivity index (χ0n) is 23.3. The van der Waals surface area contributed by atoms with Crippen LogP contribution in [-0.4, -0.2) is 45.4 Å². The van der Waals surface area contributed by atoms with Gasteiger partial charge < -0.3 is 29.6 Å². The molecule has 0 unspecified atom stereocenters. The van der Waals surface area contributed by atoms with Crippen LogP contribution in [0.4, 0.5) is 5.69 Å². The monoisotopic (exact) mass is 544 g/mol. The van der Waals surface area contributed by atoms with Crippen molar-refractivity contribution in [2.75, 3.05) is 38.7 Å². The Bertz CT molecular complexity index is 1250. The van der Waals surface area contributed by atoms with E-state index in [0.29, 0.717) is 38.8 Å². The van der Waals surface area contributed by atoms with Crippen molar-refractivity contribution < 1.29 is 23.7 Å². The fourth-order valence-corrected chi connectivity index (χ4v) is 5.53. The third kappa shape index (κ3) is 7.42. The second kappa shape index (κ2) is 14.3. The molecule has 2 heterocycles. The predicted molar refractivity (Wildman–Crippen MR) is 156 cm³/mol. The van der Waals surface area contributed by atoms with Crippen LogP contribution in [0.15, 0.2) is 66.7 Å². The van der Waals surface area contributed by atoms with Crippen molar-refractivity contribution in [3.05, 3.63) is 89.0 Å². The van der Waals surface area contributed by atoms with Crippen molar-refractivity contribution in [1.29, 1.82) is 0 Å². The molecule has 2 N–H and O–H groups in total. The summed E-state index contributed by atoms with van der Waals surface area (Å²) in [5.41, 5.74) is 5.50. The third-order valence-corrected chi connectivity index (χ3v) is 7.69. The highest BCUT2D eigenvalue weighted by Gasteiger charge is 2.28. The molecule has 0 saturated carbocycles. The van der Waals surface area contributed by atoms with Crippen LogP contribution in [0.5, 0.6) is 11.5 Å². The summed E-state index contributed by atoms with van der Waals surface area (Å²) in [4.78, 5) is 12.2. The Labute approximate surface area is 237 Å². The number of hydrogen-bond donors (Lipinski definition) is 2. The zero-order valence-corrected chi connectivity index (χ0v) is 23.3. The second-order valence-electron chi connectivity index (χ2n) is 10.4. The van der Waals surface area contributed by atoms with Gasteiger partial charge in [0.25, 0.3) is 0 Å². The SMILES string of the molecule is COc1ccccc1COCCCOc1ccc([C@H]2CCNC[C@@H]2OCc2cccc3c2NC(=O)CCC3)cc1. The minimum atomic E-state index is 0.0539. The van der Waals surface area contributed by atoms with Crippen molar-refractivity contribution in [3.63, 3.8) is 0 Å². The Morgan fingerprint density at radius 2 is 1.75 bits per heavy atom. The highest BCUT2D eigenvalue weighted by atomic mass is 16.5. The maximum Gasteiger partial charge on any atom is 0.224 e. The molecule has 3 aromatic rings. The molecule has 0 spiro atoms. The van der Waals surface area contributed by atoms with Crippen LogP contribution in [0.2, 0.25) is 0 Å². The number of ether oxygens (including phenoxy) is 4. The first-order valence-electron chi connectivity index (χ1n) is 14.4. The second-order valence-corrected chi connectivity index (χ2v) is 10.4. The topological polar surface area (TPSA) is 78.1 Å². The Morgan fingerprint density at radius 3 is 2.62 bits per heavy atom. The number of anilines is 1. The number of fused-ring (bicyclic) bond motifs is 1. The smallest absolute Gasteiger partial charge is 0.224 e. The lowest BCUT2D eigenvalue weighted by Gasteiger charge is -2.33. The molecule has 2 aliphatic heterocycles. The van der Waals surface area contributed by atoms with Crippen LogP contribution in [0.3, 0.4) is 0 Å². The Balaban J connectivity index is 1.10. The fraction of sp³-hybridized carbons (Fsp3) is 0.424. The summed E-state index contributed by atoms with van der Waals surface area (Å²) in [6.45, 7) is 4.00. The lowest BCUT2D eigenvalue weighted by molar-refractivity contribution is -0.116. The molecule has 7 nitrogen and oxygen atoms in total. The maximum atomic E-state index is 12.2. The number of hydrogen-bond acceptors (Lipinski definition) is 6. The molecule has 2 atom stereocenters. The van der Waals surface area contributed by atoms with Crippen molar-refractivity contribution in [2.24, 2.45) is 0 Å². The molecule has 1 saturated heterocycles. The van der Waals surface area contributed by atoms with E-state index < -0.39 is 0 Å². The summed E-state index contributed by atoms with van der Waals surface area (Å²) in [5.74, 6) is 2.10. The Morgan fingerprint density at radius 1 is 0.900 bits per heavy atom. The lowest BCUT2D eigenvalue weighted by atomic mass is 9.87. The maximum absolute atomic E-state index is 12.2. The molecule has 7 heteroatoms. The molecule has 212 valence electrons. The number of carbonyl (C=O) groups excluding carboxylic acids is 1. The predicted octanol–water partition coefficient (Wildman–Crippen LogP) is 5.62. The molecule has 2 aliphatic rings. The number of carbonyl (C=O) groups is 1. The van der Waals surface area contributed by atoms with E-state index in [2.05, 4.69) is 53.1 Å². The molecular formula is C33H40N2O5. The lowest BCUT2D eigenvalue weighted by Crippen LogP contribution is -2.41. The first kappa shape index (κ1) is 28.1. The van der Waals surface area contributed by atoms with Gasteiger partial charge in [-0.2, -0.15) is 0 Å². The standard InChI is InChI=1S/C33H40N2O5/c1-37-30-11-3-2-7-26(30)22-38-19-6-20-39-28-15-13-24(14-16-28)29-17-18-34-21-31(29)40-23-27-10-4-8-25-9-5-12-32(36)35-33(25)27/h2-4,7-8,10-11,13-16,29,31,34H,5-6,9,12,17-23H2,1H3,(H,35,36)/t29-,31+/m1/s1. The fourth-order valence-electron chi connectivity index (χ4n) is 5.53. The molecule has 0 aromatic heterocycles. The van der Waals surface area contributed by atoms with E-state index in [4.69, 9.17) is 18.9 Å². The van der Waals surface area contributed by atoms with Crippen molar-refractivity contribution in [1.82, 2.24) is 5.32 Å². The van der Waals surface area contributed by atoms with Gasteiger partial charge in [0.2, 0.25) is 5.91 Å². The van der Waals surface area contributed by atoms with Crippen LogP contribution >= 0.6 is 0 Å². The number of amides is 1. The summed E-state index contributed by atoms with van der Waals surface area (Å²) in [5, 5.41) is 6.59. The summed E-state index contributed by atoms with van der Waals surface area (Å²) < 4.78 is 23.6. The number of rotatable bonds is 12. The van der Waals surface area contributed by atoms with E-state index in [0.717, 1.165) is 67.1 Å². The number of methoxy groups -OCH3 is 1. The van der Waals surface area contributed by atoms with Crippen LogP contribution in [0.1, 0.15) is 53.9 Å². The highest BCUT2D eigenvalue weighted by molar-refractivity contribution is 5.93. The van der Waals surface area contributed by atoms with Crippen LogP contribution in [-0.2, 0) is 33.9 Å². The minimum absolute atomic E-state index is 0.0539. The van der Waals surface area contributed by atoms with E-state index in [9.17, 15) is 4.79 Å². The van der Waals surface area contributed by atoms with Gasteiger partial charge in [-0.1, -0.05) is 48.5 Å². The molecule has 40 heavy (non-hydrogen) atoms. The van der Waals surface area contributed by atoms with E-state index in [1.165, 1.54) is 11.1 Å². The molecular weight excluding hydrogens is 504 g/mol. The molecule has 1 amide bonds. The van der Waals surface area contributed by atoms with Gasteiger partial charge in [0.1, 0.15) is 11.5 Å². The van der Waals surface area contributed by atoms with Gasteiger partial charge in [-0.05, 0) is 55.1 Å². The van der Waals surface area contributed by atoms with Gasteiger partial charge in [0.15, 0.2) is 0 Å². The summed E-state index contributed by atoms with van der Waals surface area (Å²) >= 11 is 0. The Kier molecular flexibility index (Phi) is 10.1. The average Bonchev–Trinajstić information content (AvgIpc) is 3.19. The highest BCUT2D eigenvalue weighted by Crippen LogP contribution is 2.32. The molecule has 0 bridgehead atoms. The van der Waals surface area contributed by atoms with Crippen molar-refractivity contribution in [2.45, 2.75) is 57.3 Å². The van der Waals surface area contributed by atoms with Crippen LogP contribution < -0.4 is 20.1 Å². The number of para-hydroxylation sites is 2. The first-order chi connectivity index (χ1) is 19.7. The molecule has 0 radical (unpaired) electrons. The Hall–Kier alpha value is -3.39. The molecule has 5 rings (SSSR count). The van der Waals surface area contributed by atoms with Gasteiger partial charge >= 0.3 is 0 Å². The average molecular weight is 545 g/mol. The van der Waals surface area contributed by atoms with Gasteiger partial charge in [-0.25, -0.2) is 0 Å². The number of piperidine rings is 1. The summed E-state index contributed by atoms with van der Waals surface area (Å²) in [6, 6.07) is 22.6. The van der Waals surface area contributed by atoms with Gasteiger partial charge in [0.05, 0.1) is 39.6 Å². The van der Waals surface area contributed by atoms with E-state index in [1.54, 1.807) is 7.11 Å². The van der Waals surface area contributed by atoms with Gasteiger partial charge in [0, 0.05) is 42.1 Å². The van der Waals surface area contributed by atoms with Crippen LogP contribution in [0, 0.1) is 0 Å². The van der Waals surface area contributed by atoms with Crippen LogP contribution in [0.25, 0.3) is 0 Å². The molecule has 1 fully saturated rings. The normalized spacial score (nSPS) is 18.9. The summed E-state index contributed by atoms with van der Waals surface area (Å²) in [6.07, 6.45) is 4.25. The number of nitrogens with one attached hydrogen (secondary N) is 2. The van der Waals surface area contributed by atoms with E-state index in [1.807, 2.05) is 24.3 Å². The number of benzene rings is 3. The zero-order chi connectivity index (χ0) is 27.6. The third-order valence-electron chi connectivity index (χ3n) is 7.69. The number of aryl methyl sites for hydroxylation is 1. The minimum Gasteiger partial charge on any atom is -0.496 e. The largest absolute Gasteiger partial charge is 0.496 e. The summed E-state index contributed by atoms with van der Waals surface area (Å²) in [7, 11) is 1.68.